The molecule has 0 aromatic carbocycles. The summed E-state index contributed by atoms with van der Waals surface area (Å²) >= 11 is 4.53. The molecule has 2 heterocycles. The largest absolute Gasteiger partial charge is 0.328 e. The van der Waals surface area contributed by atoms with Gasteiger partial charge in [-0.1, -0.05) is 0 Å². The lowest BCUT2D eigenvalue weighted by molar-refractivity contribution is 0.247. The van der Waals surface area contributed by atoms with Crippen molar-refractivity contribution < 1.29 is 8.42 Å². The van der Waals surface area contributed by atoms with Crippen LogP contribution in [0, 0.1) is 0 Å². The van der Waals surface area contributed by atoms with Crippen LogP contribution < -0.4 is 5.73 Å². The van der Waals surface area contributed by atoms with E-state index in [1.54, 1.807) is 15.8 Å². The first kappa shape index (κ1) is 13.5. The second-order valence-electron chi connectivity index (χ2n) is 4.31. The van der Waals surface area contributed by atoms with E-state index >= 15 is 0 Å². The Morgan fingerprint density at radius 2 is 2.29 bits per heavy atom. The molecule has 1 fully saturated rings. The number of hydrogen-bond donors (Lipinski definition) is 1. The van der Waals surface area contributed by atoms with Gasteiger partial charge in [-0.3, -0.25) is 0 Å². The normalized spacial score (nSPS) is 27.2. The van der Waals surface area contributed by atoms with Gasteiger partial charge in [0.15, 0.2) is 0 Å². The van der Waals surface area contributed by atoms with Crippen molar-refractivity contribution in [1.29, 1.82) is 0 Å². The lowest BCUT2D eigenvalue weighted by Gasteiger charge is -2.34. The van der Waals surface area contributed by atoms with Crippen molar-refractivity contribution in [2.24, 2.45) is 5.73 Å². The topological polar surface area (TPSA) is 63.4 Å². The highest BCUT2D eigenvalue weighted by molar-refractivity contribution is 9.10. The molecule has 0 amide bonds. The molecule has 0 bridgehead atoms. The lowest BCUT2D eigenvalue weighted by Crippen LogP contribution is -2.48. The molecular formula is C10H15BrN2O2S2. The van der Waals surface area contributed by atoms with E-state index in [1.165, 1.54) is 11.3 Å². The molecule has 0 spiro atoms. The summed E-state index contributed by atoms with van der Waals surface area (Å²) in [6, 6.07) is 1.85. The molecule has 96 valence electrons. The van der Waals surface area contributed by atoms with Crippen molar-refractivity contribution >= 4 is 37.3 Å². The average molecular weight is 339 g/mol. The Bertz CT molecular complexity index is 500. The fraction of sp³-hybridized carbons (Fsp3) is 0.600. The van der Waals surface area contributed by atoms with Crippen LogP contribution in [0.3, 0.4) is 0 Å². The van der Waals surface area contributed by atoms with E-state index in [1.807, 2.05) is 6.92 Å². The quantitative estimate of drug-likeness (QED) is 0.897. The summed E-state index contributed by atoms with van der Waals surface area (Å²) in [7, 11) is -3.37. The number of hydrogen-bond acceptors (Lipinski definition) is 4. The fourth-order valence-electron chi connectivity index (χ4n) is 2.11. The first-order valence-electron chi connectivity index (χ1n) is 5.43. The van der Waals surface area contributed by atoms with E-state index in [4.69, 9.17) is 5.73 Å². The van der Waals surface area contributed by atoms with Crippen molar-refractivity contribution in [1.82, 2.24) is 4.31 Å². The molecule has 2 atom stereocenters. The first-order valence-corrected chi connectivity index (χ1v) is 8.54. The van der Waals surface area contributed by atoms with Gasteiger partial charge < -0.3 is 5.73 Å². The van der Waals surface area contributed by atoms with Gasteiger partial charge in [0.1, 0.15) is 4.21 Å². The number of sulfonamides is 1. The van der Waals surface area contributed by atoms with Crippen molar-refractivity contribution in [3.05, 3.63) is 15.9 Å². The standard InChI is InChI=1S/C10H15BrN2O2S2/c1-7-6-8(12)2-4-13(7)17(14,15)10-9(11)3-5-16-10/h3,5,7-8H,2,4,6,12H2,1H3/t7-,8-/m0/s1. The van der Waals surface area contributed by atoms with E-state index in [9.17, 15) is 8.42 Å². The third-order valence-electron chi connectivity index (χ3n) is 2.98. The molecule has 1 aliphatic heterocycles. The van der Waals surface area contributed by atoms with Crippen LogP contribution in [0.1, 0.15) is 19.8 Å². The van der Waals surface area contributed by atoms with Crippen LogP contribution in [0.25, 0.3) is 0 Å². The molecule has 2 rings (SSSR count). The van der Waals surface area contributed by atoms with Crippen molar-refractivity contribution in [2.75, 3.05) is 6.54 Å². The molecule has 2 N–H and O–H groups in total. The maximum Gasteiger partial charge on any atom is 0.253 e. The van der Waals surface area contributed by atoms with Gasteiger partial charge in [0, 0.05) is 23.1 Å². The number of piperidine rings is 1. The molecule has 1 saturated heterocycles. The minimum Gasteiger partial charge on any atom is -0.328 e. The molecular weight excluding hydrogens is 324 g/mol. The molecule has 0 saturated carbocycles. The predicted octanol–water partition coefficient (Wildman–Crippen LogP) is 2.01. The zero-order chi connectivity index (χ0) is 12.6. The molecule has 17 heavy (non-hydrogen) atoms. The van der Waals surface area contributed by atoms with Crippen molar-refractivity contribution in [3.63, 3.8) is 0 Å². The van der Waals surface area contributed by atoms with Gasteiger partial charge in [-0.2, -0.15) is 4.31 Å². The molecule has 1 aromatic rings. The van der Waals surface area contributed by atoms with Gasteiger partial charge in [0.2, 0.25) is 0 Å². The van der Waals surface area contributed by atoms with E-state index in [0.29, 0.717) is 15.2 Å². The second-order valence-corrected chi connectivity index (χ2v) is 8.16. The molecule has 7 heteroatoms. The molecule has 1 aromatic heterocycles. The zero-order valence-electron chi connectivity index (χ0n) is 9.47. The van der Waals surface area contributed by atoms with Crippen LogP contribution in [-0.4, -0.2) is 31.4 Å². The SMILES string of the molecule is C[C@H]1C[C@@H](N)CCN1S(=O)(=O)c1sccc1Br. The van der Waals surface area contributed by atoms with E-state index < -0.39 is 10.0 Å². The van der Waals surface area contributed by atoms with Crippen LogP contribution in [0.5, 0.6) is 0 Å². The summed E-state index contributed by atoms with van der Waals surface area (Å²) in [6.45, 7) is 2.42. The number of thiophene rings is 1. The van der Waals surface area contributed by atoms with E-state index in [2.05, 4.69) is 15.9 Å². The van der Waals surface area contributed by atoms with E-state index in [0.717, 1.165) is 12.8 Å². The van der Waals surface area contributed by atoms with Gasteiger partial charge in [-0.15, -0.1) is 11.3 Å². The molecule has 0 radical (unpaired) electrons. The third-order valence-corrected chi connectivity index (χ3v) is 7.64. The zero-order valence-corrected chi connectivity index (χ0v) is 12.7. The number of nitrogens with two attached hydrogens (primary N) is 1. The highest BCUT2D eigenvalue weighted by atomic mass is 79.9. The molecule has 0 aliphatic carbocycles. The van der Waals surface area contributed by atoms with E-state index in [-0.39, 0.29) is 12.1 Å². The van der Waals surface area contributed by atoms with Crippen LogP contribution in [0.4, 0.5) is 0 Å². The number of rotatable bonds is 2. The smallest absolute Gasteiger partial charge is 0.253 e. The minimum atomic E-state index is -3.37. The monoisotopic (exact) mass is 338 g/mol. The Hall–Kier alpha value is 0.0500. The second kappa shape index (κ2) is 4.97. The average Bonchev–Trinajstić information content (AvgIpc) is 2.64. The third kappa shape index (κ3) is 2.58. The summed E-state index contributed by atoms with van der Waals surface area (Å²) in [5.74, 6) is 0. The summed E-state index contributed by atoms with van der Waals surface area (Å²) < 4.78 is 27.5. The maximum atomic E-state index is 12.5. The highest BCUT2D eigenvalue weighted by Crippen LogP contribution is 2.33. The van der Waals surface area contributed by atoms with Crippen LogP contribution in [-0.2, 0) is 10.0 Å². The Labute approximate surface area is 114 Å². The number of nitrogens with zero attached hydrogens (tertiary/aromatic N) is 1. The number of halogens is 1. The van der Waals surface area contributed by atoms with Crippen LogP contribution >= 0.6 is 27.3 Å². The maximum absolute atomic E-state index is 12.5. The molecule has 1 aliphatic rings. The summed E-state index contributed by atoms with van der Waals surface area (Å²) in [4.78, 5) is 0. The fourth-order valence-corrected chi connectivity index (χ4v) is 6.20. The highest BCUT2D eigenvalue weighted by Gasteiger charge is 2.35. The van der Waals surface area contributed by atoms with Gasteiger partial charge in [0.25, 0.3) is 10.0 Å². The van der Waals surface area contributed by atoms with Crippen LogP contribution in [0.15, 0.2) is 20.1 Å². The predicted molar refractivity (Wildman–Crippen MR) is 72.6 cm³/mol. The van der Waals surface area contributed by atoms with Gasteiger partial charge in [-0.05, 0) is 47.1 Å². The van der Waals surface area contributed by atoms with Crippen molar-refractivity contribution in [3.8, 4) is 0 Å². The van der Waals surface area contributed by atoms with Crippen molar-refractivity contribution in [2.45, 2.75) is 36.1 Å². The Kier molecular flexibility index (Phi) is 3.94. The van der Waals surface area contributed by atoms with Gasteiger partial charge >= 0.3 is 0 Å². The molecule has 4 nitrogen and oxygen atoms in total. The minimum absolute atomic E-state index is 0.0299. The Morgan fingerprint density at radius 1 is 1.59 bits per heavy atom. The van der Waals surface area contributed by atoms with Gasteiger partial charge in [0.05, 0.1) is 0 Å². The lowest BCUT2D eigenvalue weighted by atomic mass is 10.0. The summed E-state index contributed by atoms with van der Waals surface area (Å²) in [6.07, 6.45) is 1.45. The Balaban J connectivity index is 2.31. The Morgan fingerprint density at radius 3 is 2.82 bits per heavy atom. The first-order chi connectivity index (χ1) is 7.93. The molecule has 0 unspecified atom stereocenters. The summed E-state index contributed by atoms with van der Waals surface area (Å²) in [5, 5.41) is 1.78. The summed E-state index contributed by atoms with van der Waals surface area (Å²) in [5.41, 5.74) is 5.85. The van der Waals surface area contributed by atoms with Gasteiger partial charge in [-0.25, -0.2) is 8.42 Å². The van der Waals surface area contributed by atoms with Crippen LogP contribution in [0.2, 0.25) is 0 Å².